The van der Waals surface area contributed by atoms with Crippen molar-refractivity contribution in [2.75, 3.05) is 11.4 Å². The summed E-state index contributed by atoms with van der Waals surface area (Å²) >= 11 is 0. The molecule has 0 fully saturated rings. The minimum absolute atomic E-state index is 0.0994. The first kappa shape index (κ1) is 24.2. The zero-order chi connectivity index (χ0) is 26.0. The van der Waals surface area contributed by atoms with E-state index in [4.69, 9.17) is 9.47 Å². The molecule has 8 nitrogen and oxygen atoms in total. The molecule has 37 heavy (non-hydrogen) atoms. The molecule has 186 valence electrons. The van der Waals surface area contributed by atoms with Gasteiger partial charge in [-0.05, 0) is 72.8 Å². The van der Waals surface area contributed by atoms with Gasteiger partial charge in [-0.1, -0.05) is 12.1 Å². The number of hydrogen-bond donors (Lipinski definition) is 0. The van der Waals surface area contributed by atoms with Gasteiger partial charge in [0.25, 0.3) is 10.0 Å². The van der Waals surface area contributed by atoms with Gasteiger partial charge in [0, 0.05) is 36.1 Å². The number of aryl methyl sites for hydroxylation is 2. The summed E-state index contributed by atoms with van der Waals surface area (Å²) < 4.78 is 40.9. The summed E-state index contributed by atoms with van der Waals surface area (Å²) in [6, 6.07) is 19.0. The van der Waals surface area contributed by atoms with Gasteiger partial charge in [0.15, 0.2) is 5.82 Å². The number of fused-ring (bicyclic) bond motifs is 1. The van der Waals surface area contributed by atoms with Gasteiger partial charge in [-0.25, -0.2) is 22.7 Å². The minimum Gasteiger partial charge on any atom is -0.494 e. The average Bonchev–Trinajstić information content (AvgIpc) is 2.92. The maximum absolute atomic E-state index is 14.1. The van der Waals surface area contributed by atoms with Crippen molar-refractivity contribution in [3.63, 3.8) is 0 Å². The van der Waals surface area contributed by atoms with Crippen LogP contribution in [0.4, 0.5) is 11.5 Å². The lowest BCUT2D eigenvalue weighted by molar-refractivity contribution is 0.410. The van der Waals surface area contributed by atoms with Gasteiger partial charge in [-0.3, -0.25) is 4.98 Å². The highest BCUT2D eigenvalue weighted by atomic mass is 32.2. The number of sulfonamides is 1. The van der Waals surface area contributed by atoms with E-state index >= 15 is 0 Å². The maximum atomic E-state index is 14.1. The fourth-order valence-corrected chi connectivity index (χ4v) is 5.40. The second-order valence-corrected chi connectivity index (χ2v) is 10.2. The van der Waals surface area contributed by atoms with Gasteiger partial charge in [-0.2, -0.15) is 0 Å². The molecule has 0 radical (unpaired) electrons. The predicted molar refractivity (Wildman–Crippen MR) is 142 cm³/mol. The Bertz CT molecular complexity index is 1690. The minimum atomic E-state index is -4.11. The summed E-state index contributed by atoms with van der Waals surface area (Å²) in [7, 11) is -2.63. The third-order valence-electron chi connectivity index (χ3n) is 6.01. The van der Waals surface area contributed by atoms with Crippen molar-refractivity contribution in [3.05, 3.63) is 103 Å². The van der Waals surface area contributed by atoms with E-state index in [1.54, 1.807) is 54.9 Å². The third kappa shape index (κ3) is 4.81. The quantitative estimate of drug-likeness (QED) is 0.265. The van der Waals surface area contributed by atoms with Crippen LogP contribution in [-0.2, 0) is 10.0 Å². The topological polar surface area (TPSA) is 94.5 Å². The van der Waals surface area contributed by atoms with Crippen LogP contribution in [0.15, 0.2) is 96.5 Å². The number of nitrogens with zero attached hydrogens (tertiary/aromatic N) is 4. The van der Waals surface area contributed by atoms with Crippen LogP contribution in [0.1, 0.15) is 11.1 Å². The Morgan fingerprint density at radius 3 is 2.32 bits per heavy atom. The van der Waals surface area contributed by atoms with E-state index in [2.05, 4.69) is 15.0 Å². The Balaban J connectivity index is 1.60. The number of benzene rings is 3. The average molecular weight is 513 g/mol. The molecule has 0 saturated heterocycles. The van der Waals surface area contributed by atoms with E-state index in [-0.39, 0.29) is 16.4 Å². The Kier molecular flexibility index (Phi) is 6.45. The van der Waals surface area contributed by atoms with E-state index in [1.807, 2.05) is 32.0 Å². The summed E-state index contributed by atoms with van der Waals surface area (Å²) in [5.74, 6) is 1.64. The second-order valence-electron chi connectivity index (χ2n) is 8.40. The monoisotopic (exact) mass is 512 g/mol. The van der Waals surface area contributed by atoms with E-state index in [1.165, 1.54) is 25.7 Å². The highest BCUT2D eigenvalue weighted by Gasteiger charge is 2.30. The number of hydrogen-bond acceptors (Lipinski definition) is 7. The van der Waals surface area contributed by atoms with Crippen LogP contribution in [0.2, 0.25) is 0 Å². The van der Waals surface area contributed by atoms with Crippen molar-refractivity contribution >= 4 is 32.3 Å². The van der Waals surface area contributed by atoms with Gasteiger partial charge in [0.05, 0.1) is 12.0 Å². The molecule has 0 N–H and O–H groups in total. The molecule has 5 aromatic rings. The van der Waals surface area contributed by atoms with Gasteiger partial charge in [0.1, 0.15) is 29.3 Å². The van der Waals surface area contributed by atoms with Crippen molar-refractivity contribution in [3.8, 4) is 17.2 Å². The van der Waals surface area contributed by atoms with Crippen molar-refractivity contribution in [2.45, 2.75) is 18.7 Å². The summed E-state index contributed by atoms with van der Waals surface area (Å²) in [5.41, 5.74) is 2.55. The van der Waals surface area contributed by atoms with Crippen LogP contribution in [0.3, 0.4) is 0 Å². The van der Waals surface area contributed by atoms with Gasteiger partial charge < -0.3 is 9.47 Å². The largest absolute Gasteiger partial charge is 0.494 e. The molecule has 0 unspecified atom stereocenters. The second kappa shape index (κ2) is 9.87. The lowest BCUT2D eigenvalue weighted by Crippen LogP contribution is -2.27. The molecule has 2 aromatic heterocycles. The number of aromatic nitrogens is 3. The number of pyridine rings is 1. The fourth-order valence-electron chi connectivity index (χ4n) is 3.91. The first-order valence-corrected chi connectivity index (χ1v) is 12.9. The molecular weight excluding hydrogens is 488 g/mol. The van der Waals surface area contributed by atoms with Gasteiger partial charge in [0.2, 0.25) is 0 Å². The smallest absolute Gasteiger partial charge is 0.270 e. The summed E-state index contributed by atoms with van der Waals surface area (Å²) in [4.78, 5) is 12.4. The molecule has 5 rings (SSSR count). The van der Waals surface area contributed by atoms with E-state index < -0.39 is 10.0 Å². The number of rotatable bonds is 7. The Labute approximate surface area is 215 Å². The normalized spacial score (nSPS) is 11.3. The first-order chi connectivity index (χ1) is 17.9. The maximum Gasteiger partial charge on any atom is 0.270 e. The molecule has 0 amide bonds. The van der Waals surface area contributed by atoms with Crippen LogP contribution in [0.5, 0.6) is 17.2 Å². The molecule has 0 bridgehead atoms. The van der Waals surface area contributed by atoms with Crippen molar-refractivity contribution in [1.29, 1.82) is 0 Å². The Hall–Kier alpha value is -4.50. The molecule has 0 aliphatic heterocycles. The predicted octanol–water partition coefficient (Wildman–Crippen LogP) is 5.97. The standard InChI is InChI=1S/C28H24N4O4S/c1-19-4-6-23(14-20(19)2)36-24-7-9-26(27(16-24)35-3)32(28-11-13-30-18-31-28)37(33,34)25-8-5-22-17-29-12-10-21(22)15-25/h4-18H,1-3H3. The zero-order valence-electron chi connectivity index (χ0n) is 20.5. The van der Waals surface area contributed by atoms with Gasteiger partial charge >= 0.3 is 0 Å². The molecule has 0 aliphatic carbocycles. The summed E-state index contributed by atoms with van der Waals surface area (Å²) in [5, 5.41) is 1.59. The SMILES string of the molecule is COc1cc(Oc2ccc(C)c(C)c2)ccc1N(c1ccncn1)S(=O)(=O)c1ccc2cnccc2c1. The van der Waals surface area contributed by atoms with Crippen LogP contribution >= 0.6 is 0 Å². The molecule has 3 aromatic carbocycles. The molecule has 2 heterocycles. The number of methoxy groups -OCH3 is 1. The van der Waals surface area contributed by atoms with E-state index in [9.17, 15) is 8.42 Å². The summed E-state index contributed by atoms with van der Waals surface area (Å²) in [6.45, 7) is 4.05. The Morgan fingerprint density at radius 2 is 1.57 bits per heavy atom. The zero-order valence-corrected chi connectivity index (χ0v) is 21.3. The lowest BCUT2D eigenvalue weighted by Gasteiger charge is -2.25. The van der Waals surface area contributed by atoms with Crippen LogP contribution < -0.4 is 13.8 Å². The number of anilines is 2. The summed E-state index contributed by atoms with van der Waals surface area (Å²) in [6.07, 6.45) is 6.09. The Morgan fingerprint density at radius 1 is 0.784 bits per heavy atom. The van der Waals surface area contributed by atoms with Crippen LogP contribution in [0.25, 0.3) is 10.8 Å². The highest BCUT2D eigenvalue weighted by molar-refractivity contribution is 7.93. The van der Waals surface area contributed by atoms with Crippen LogP contribution in [-0.4, -0.2) is 30.5 Å². The van der Waals surface area contributed by atoms with Gasteiger partial charge in [-0.15, -0.1) is 0 Å². The van der Waals surface area contributed by atoms with E-state index in [0.29, 0.717) is 17.2 Å². The lowest BCUT2D eigenvalue weighted by atomic mass is 10.1. The van der Waals surface area contributed by atoms with E-state index in [0.717, 1.165) is 26.2 Å². The number of ether oxygens (including phenoxy) is 2. The molecule has 0 atom stereocenters. The van der Waals surface area contributed by atoms with Crippen LogP contribution in [0, 0.1) is 13.8 Å². The fraction of sp³-hybridized carbons (Fsp3) is 0.107. The molecule has 0 aliphatic rings. The third-order valence-corrected chi connectivity index (χ3v) is 7.72. The van der Waals surface area contributed by atoms with Crippen molar-refractivity contribution < 1.29 is 17.9 Å². The van der Waals surface area contributed by atoms with Crippen molar-refractivity contribution in [2.24, 2.45) is 0 Å². The molecule has 9 heteroatoms. The highest BCUT2D eigenvalue weighted by Crippen LogP contribution is 2.40. The van der Waals surface area contributed by atoms with Crippen molar-refractivity contribution in [1.82, 2.24) is 15.0 Å². The first-order valence-electron chi connectivity index (χ1n) is 11.4. The molecular formula is C28H24N4O4S. The molecule has 0 saturated carbocycles. The molecule has 0 spiro atoms.